The Morgan fingerprint density at radius 3 is 2.50 bits per heavy atom. The predicted octanol–water partition coefficient (Wildman–Crippen LogP) is 3.51. The van der Waals surface area contributed by atoms with Crippen molar-refractivity contribution >= 4 is 5.82 Å². The molecule has 0 saturated heterocycles. The van der Waals surface area contributed by atoms with Crippen LogP contribution in [0.1, 0.15) is 5.56 Å². The molecule has 106 valence electrons. The smallest absolute Gasteiger partial charge is 0.139 e. The third-order valence-electron chi connectivity index (χ3n) is 3.30. The highest BCUT2D eigenvalue weighted by atomic mass is 19.1. The van der Waals surface area contributed by atoms with Crippen molar-refractivity contribution in [3.8, 4) is 34.7 Å². The first-order chi connectivity index (χ1) is 10.7. The monoisotopic (exact) mass is 289 g/mol. The van der Waals surface area contributed by atoms with Crippen LogP contribution in [-0.4, -0.2) is 9.97 Å². The summed E-state index contributed by atoms with van der Waals surface area (Å²) in [6.07, 6.45) is 8.82. The Morgan fingerprint density at radius 1 is 1.05 bits per heavy atom. The van der Waals surface area contributed by atoms with Crippen LogP contribution < -0.4 is 5.73 Å². The van der Waals surface area contributed by atoms with Crippen LogP contribution in [0.25, 0.3) is 22.4 Å². The number of aromatic nitrogens is 2. The molecule has 0 saturated carbocycles. The molecule has 22 heavy (non-hydrogen) atoms. The zero-order valence-electron chi connectivity index (χ0n) is 11.6. The van der Waals surface area contributed by atoms with Crippen LogP contribution >= 0.6 is 0 Å². The van der Waals surface area contributed by atoms with E-state index in [0.29, 0.717) is 16.8 Å². The van der Waals surface area contributed by atoms with E-state index in [-0.39, 0.29) is 11.6 Å². The molecule has 3 aromatic rings. The lowest BCUT2D eigenvalue weighted by molar-refractivity contribution is 0.628. The molecule has 0 radical (unpaired) electrons. The fourth-order valence-corrected chi connectivity index (χ4v) is 2.25. The van der Waals surface area contributed by atoms with Crippen LogP contribution in [0.4, 0.5) is 10.2 Å². The number of rotatable bonds is 2. The Balaban J connectivity index is 2.29. The van der Waals surface area contributed by atoms with Crippen LogP contribution in [0.3, 0.4) is 0 Å². The van der Waals surface area contributed by atoms with Crippen molar-refractivity contribution in [1.29, 1.82) is 0 Å². The SMILES string of the molecule is C#Cc1cc(-c2ccncc2)c(-c2cccc(F)c2)nc1N. The van der Waals surface area contributed by atoms with Crippen molar-refractivity contribution < 1.29 is 4.39 Å². The summed E-state index contributed by atoms with van der Waals surface area (Å²) in [6.45, 7) is 0. The zero-order chi connectivity index (χ0) is 15.5. The van der Waals surface area contributed by atoms with Gasteiger partial charge in [0.2, 0.25) is 0 Å². The first-order valence-corrected chi connectivity index (χ1v) is 6.62. The summed E-state index contributed by atoms with van der Waals surface area (Å²) < 4.78 is 13.5. The van der Waals surface area contributed by atoms with Gasteiger partial charge in [-0.3, -0.25) is 4.98 Å². The van der Waals surface area contributed by atoms with E-state index in [1.54, 1.807) is 30.6 Å². The van der Waals surface area contributed by atoms with Gasteiger partial charge in [0.15, 0.2) is 0 Å². The minimum absolute atomic E-state index is 0.250. The van der Waals surface area contributed by atoms with E-state index >= 15 is 0 Å². The summed E-state index contributed by atoms with van der Waals surface area (Å²) in [5.74, 6) is 2.43. The number of hydrogen-bond acceptors (Lipinski definition) is 3. The quantitative estimate of drug-likeness (QED) is 0.734. The molecule has 0 aliphatic heterocycles. The Kier molecular flexibility index (Phi) is 3.55. The van der Waals surface area contributed by atoms with E-state index in [2.05, 4.69) is 15.9 Å². The molecule has 4 heteroatoms. The van der Waals surface area contributed by atoms with Crippen molar-refractivity contribution in [3.63, 3.8) is 0 Å². The Bertz CT molecular complexity index is 867. The van der Waals surface area contributed by atoms with Crippen LogP contribution in [0.2, 0.25) is 0 Å². The van der Waals surface area contributed by atoms with Crippen LogP contribution in [-0.2, 0) is 0 Å². The first-order valence-electron chi connectivity index (χ1n) is 6.62. The molecule has 0 aliphatic carbocycles. The Morgan fingerprint density at radius 2 is 1.82 bits per heavy atom. The van der Waals surface area contributed by atoms with Gasteiger partial charge in [0.25, 0.3) is 0 Å². The summed E-state index contributed by atoms with van der Waals surface area (Å²) in [4.78, 5) is 8.38. The van der Waals surface area contributed by atoms with Gasteiger partial charge < -0.3 is 5.73 Å². The van der Waals surface area contributed by atoms with E-state index in [4.69, 9.17) is 12.2 Å². The predicted molar refractivity (Wildman–Crippen MR) is 85.2 cm³/mol. The van der Waals surface area contributed by atoms with Gasteiger partial charge in [0.1, 0.15) is 11.6 Å². The minimum atomic E-state index is -0.334. The van der Waals surface area contributed by atoms with Crippen LogP contribution in [0, 0.1) is 18.2 Å². The molecule has 0 spiro atoms. The van der Waals surface area contributed by atoms with Crippen molar-refractivity contribution in [3.05, 3.63) is 66.2 Å². The van der Waals surface area contributed by atoms with Gasteiger partial charge in [0.05, 0.1) is 11.3 Å². The van der Waals surface area contributed by atoms with Gasteiger partial charge in [-0.05, 0) is 35.9 Å². The Labute approximate surface area is 127 Å². The fourth-order valence-electron chi connectivity index (χ4n) is 2.25. The average Bonchev–Trinajstić information content (AvgIpc) is 2.55. The summed E-state index contributed by atoms with van der Waals surface area (Å²) in [6, 6.07) is 11.7. The molecule has 2 aromatic heterocycles. The standard InChI is InChI=1S/C18H12FN3/c1-2-12-11-16(13-6-8-21-9-7-13)17(22-18(12)20)14-4-3-5-15(19)10-14/h1,3-11H,(H2,20,22). The van der Waals surface area contributed by atoms with Gasteiger partial charge in [-0.25, -0.2) is 9.37 Å². The van der Waals surface area contributed by atoms with E-state index < -0.39 is 0 Å². The number of terminal acetylenes is 1. The maximum absolute atomic E-state index is 13.5. The third-order valence-corrected chi connectivity index (χ3v) is 3.30. The van der Waals surface area contributed by atoms with Crippen molar-refractivity contribution in [1.82, 2.24) is 9.97 Å². The highest BCUT2D eigenvalue weighted by molar-refractivity contribution is 5.83. The highest BCUT2D eigenvalue weighted by Gasteiger charge is 2.13. The number of halogens is 1. The molecule has 0 fully saturated rings. The molecule has 2 heterocycles. The zero-order valence-corrected chi connectivity index (χ0v) is 11.6. The molecule has 0 amide bonds. The second-order valence-electron chi connectivity index (χ2n) is 4.71. The van der Waals surface area contributed by atoms with E-state index in [1.165, 1.54) is 12.1 Å². The lowest BCUT2D eigenvalue weighted by atomic mass is 9.98. The van der Waals surface area contributed by atoms with E-state index in [9.17, 15) is 4.39 Å². The lowest BCUT2D eigenvalue weighted by Gasteiger charge is -2.12. The molecule has 0 atom stereocenters. The minimum Gasteiger partial charge on any atom is -0.383 e. The van der Waals surface area contributed by atoms with Crippen LogP contribution in [0.15, 0.2) is 54.9 Å². The highest BCUT2D eigenvalue weighted by Crippen LogP contribution is 2.32. The number of benzene rings is 1. The van der Waals surface area contributed by atoms with Gasteiger partial charge in [-0.15, -0.1) is 6.42 Å². The first kappa shape index (κ1) is 13.8. The van der Waals surface area contributed by atoms with Crippen LogP contribution in [0.5, 0.6) is 0 Å². The largest absolute Gasteiger partial charge is 0.383 e. The molecule has 0 bridgehead atoms. The van der Waals surface area contributed by atoms with Gasteiger partial charge >= 0.3 is 0 Å². The summed E-state index contributed by atoms with van der Waals surface area (Å²) in [5.41, 5.74) is 9.30. The van der Waals surface area contributed by atoms with Crippen molar-refractivity contribution in [2.75, 3.05) is 5.73 Å². The van der Waals surface area contributed by atoms with Crippen molar-refractivity contribution in [2.45, 2.75) is 0 Å². The summed E-state index contributed by atoms with van der Waals surface area (Å²) in [7, 11) is 0. The van der Waals surface area contributed by atoms with E-state index in [0.717, 1.165) is 11.1 Å². The van der Waals surface area contributed by atoms with Gasteiger partial charge in [0, 0.05) is 23.5 Å². The second kappa shape index (κ2) is 5.66. The topological polar surface area (TPSA) is 51.8 Å². The molecule has 3 nitrogen and oxygen atoms in total. The number of hydrogen-bond donors (Lipinski definition) is 1. The number of pyridine rings is 2. The molecule has 2 N–H and O–H groups in total. The fraction of sp³-hybridized carbons (Fsp3) is 0. The third kappa shape index (κ3) is 2.52. The van der Waals surface area contributed by atoms with Gasteiger partial charge in [-0.1, -0.05) is 18.1 Å². The number of nitrogen functional groups attached to an aromatic ring is 1. The number of nitrogens with zero attached hydrogens (tertiary/aromatic N) is 2. The normalized spacial score (nSPS) is 10.2. The van der Waals surface area contributed by atoms with Crippen molar-refractivity contribution in [2.24, 2.45) is 0 Å². The van der Waals surface area contributed by atoms with E-state index in [1.807, 2.05) is 12.1 Å². The molecule has 0 aliphatic rings. The summed E-state index contributed by atoms with van der Waals surface area (Å²) >= 11 is 0. The molecule has 1 aromatic carbocycles. The number of nitrogens with two attached hydrogens (primary N) is 1. The maximum Gasteiger partial charge on any atom is 0.139 e. The second-order valence-corrected chi connectivity index (χ2v) is 4.71. The summed E-state index contributed by atoms with van der Waals surface area (Å²) in [5, 5.41) is 0. The number of anilines is 1. The molecular weight excluding hydrogens is 277 g/mol. The lowest BCUT2D eigenvalue weighted by Crippen LogP contribution is -1.99. The molecular formula is C18H12FN3. The average molecular weight is 289 g/mol. The molecule has 0 unspecified atom stereocenters. The van der Waals surface area contributed by atoms with Gasteiger partial charge in [-0.2, -0.15) is 0 Å². The Hall–Kier alpha value is -3.19. The molecule has 3 rings (SSSR count). The maximum atomic E-state index is 13.5.